The molecule has 0 aliphatic carbocycles. The van der Waals surface area contributed by atoms with Crippen LogP contribution in [0.25, 0.3) is 87.2 Å². The first kappa shape index (κ1) is 32.9. The van der Waals surface area contributed by atoms with Gasteiger partial charge in [0.2, 0.25) is 0 Å². The second kappa shape index (κ2) is 13.7. The Bertz CT molecular complexity index is 3270. The summed E-state index contributed by atoms with van der Waals surface area (Å²) in [5, 5.41) is 12.4. The molecular weight excluding hydrogens is 687 g/mol. The van der Waals surface area contributed by atoms with E-state index in [0.717, 1.165) is 17.1 Å². The van der Waals surface area contributed by atoms with Gasteiger partial charge in [-0.1, -0.05) is 194 Å². The van der Waals surface area contributed by atoms with Crippen molar-refractivity contribution in [3.8, 4) is 33.4 Å². The van der Waals surface area contributed by atoms with Crippen LogP contribution in [0.15, 0.2) is 224 Å². The summed E-state index contributed by atoms with van der Waals surface area (Å²) in [7, 11) is 0. The number of hydrogen-bond donors (Lipinski definition) is 0. The Labute approximate surface area is 332 Å². The highest BCUT2D eigenvalue weighted by atomic mass is 15.1. The summed E-state index contributed by atoms with van der Waals surface area (Å²) in [6.07, 6.45) is 0. The number of anilines is 3. The van der Waals surface area contributed by atoms with Gasteiger partial charge in [0.25, 0.3) is 0 Å². The van der Waals surface area contributed by atoms with Crippen molar-refractivity contribution in [3.63, 3.8) is 0 Å². The van der Waals surface area contributed by atoms with Crippen molar-refractivity contribution >= 4 is 70.9 Å². The lowest BCUT2D eigenvalue weighted by molar-refractivity contribution is 1.31. The molecule has 0 atom stereocenters. The highest BCUT2D eigenvalue weighted by molar-refractivity contribution is 6.22. The zero-order chi connectivity index (χ0) is 37.7. The predicted octanol–water partition coefficient (Wildman–Crippen LogP) is 15.9. The molecule has 0 aromatic heterocycles. The zero-order valence-corrected chi connectivity index (χ0v) is 31.3. The highest BCUT2D eigenvalue weighted by Gasteiger charge is 2.22. The second-order valence-electron chi connectivity index (χ2n) is 14.8. The largest absolute Gasteiger partial charge is 0.310 e. The molecule has 266 valence electrons. The van der Waals surface area contributed by atoms with Gasteiger partial charge in [-0.2, -0.15) is 0 Å². The van der Waals surface area contributed by atoms with Crippen molar-refractivity contribution in [3.05, 3.63) is 224 Å². The summed E-state index contributed by atoms with van der Waals surface area (Å²) >= 11 is 0. The fraction of sp³-hybridized carbons (Fsp3) is 0. The van der Waals surface area contributed by atoms with Crippen LogP contribution >= 0.6 is 0 Å². The highest BCUT2D eigenvalue weighted by Crippen LogP contribution is 2.48. The predicted molar refractivity (Wildman–Crippen MR) is 245 cm³/mol. The van der Waals surface area contributed by atoms with Crippen molar-refractivity contribution in [1.82, 2.24) is 0 Å². The number of hydrogen-bond acceptors (Lipinski definition) is 1. The summed E-state index contributed by atoms with van der Waals surface area (Å²) in [5.41, 5.74) is 10.7. The number of fused-ring (bicyclic) bond motifs is 7. The van der Waals surface area contributed by atoms with E-state index >= 15 is 0 Å². The van der Waals surface area contributed by atoms with E-state index in [0.29, 0.717) is 0 Å². The lowest BCUT2D eigenvalue weighted by Gasteiger charge is -2.29. The van der Waals surface area contributed by atoms with Crippen molar-refractivity contribution in [2.75, 3.05) is 4.90 Å². The molecule has 0 heterocycles. The van der Waals surface area contributed by atoms with Crippen LogP contribution in [0.2, 0.25) is 0 Å². The molecule has 0 spiro atoms. The van der Waals surface area contributed by atoms with Crippen molar-refractivity contribution in [2.45, 2.75) is 0 Å². The molecule has 0 fully saturated rings. The quantitative estimate of drug-likeness (QED) is 0.154. The Morgan fingerprint density at radius 3 is 1.44 bits per heavy atom. The van der Waals surface area contributed by atoms with Gasteiger partial charge in [-0.05, 0) is 112 Å². The molecule has 1 nitrogen and oxygen atoms in total. The Balaban J connectivity index is 1.21. The molecule has 0 N–H and O–H groups in total. The van der Waals surface area contributed by atoms with Gasteiger partial charge >= 0.3 is 0 Å². The third kappa shape index (κ3) is 5.55. The molecule has 0 radical (unpaired) electrons. The van der Waals surface area contributed by atoms with Crippen LogP contribution in [0.4, 0.5) is 17.1 Å². The zero-order valence-electron chi connectivity index (χ0n) is 31.3. The Kier molecular flexibility index (Phi) is 7.89. The summed E-state index contributed by atoms with van der Waals surface area (Å²) in [5.74, 6) is 0. The van der Waals surface area contributed by atoms with E-state index < -0.39 is 0 Å². The molecule has 0 unspecified atom stereocenters. The maximum Gasteiger partial charge on any atom is 0.0546 e. The van der Waals surface area contributed by atoms with E-state index in [1.54, 1.807) is 0 Å². The average Bonchev–Trinajstić information content (AvgIpc) is 3.29. The molecule has 11 aromatic carbocycles. The van der Waals surface area contributed by atoms with Gasteiger partial charge in [0.1, 0.15) is 0 Å². The Morgan fingerprint density at radius 2 is 0.737 bits per heavy atom. The molecule has 11 aromatic rings. The molecule has 1 heteroatoms. The number of nitrogens with zero attached hydrogens (tertiary/aromatic N) is 1. The first-order valence-corrected chi connectivity index (χ1v) is 19.7. The lowest BCUT2D eigenvalue weighted by Crippen LogP contribution is -2.11. The fourth-order valence-corrected chi connectivity index (χ4v) is 9.04. The molecular formula is C56H37N. The van der Waals surface area contributed by atoms with Crippen molar-refractivity contribution in [1.29, 1.82) is 0 Å². The summed E-state index contributed by atoms with van der Waals surface area (Å²) in [6, 6.07) is 82.1. The molecule has 0 saturated carbocycles. The second-order valence-corrected chi connectivity index (χ2v) is 14.8. The topological polar surface area (TPSA) is 3.24 Å². The van der Waals surface area contributed by atoms with E-state index in [1.165, 1.54) is 87.2 Å². The van der Waals surface area contributed by atoms with Crippen molar-refractivity contribution < 1.29 is 0 Å². The van der Waals surface area contributed by atoms with Crippen LogP contribution in [-0.2, 0) is 0 Å². The minimum atomic E-state index is 1.10. The van der Waals surface area contributed by atoms with E-state index in [4.69, 9.17) is 0 Å². The van der Waals surface area contributed by atoms with Crippen LogP contribution < -0.4 is 4.90 Å². The minimum absolute atomic E-state index is 1.10. The van der Waals surface area contributed by atoms with Gasteiger partial charge in [-0.25, -0.2) is 0 Å². The van der Waals surface area contributed by atoms with Crippen LogP contribution in [-0.4, -0.2) is 0 Å². The Hall–Kier alpha value is -7.48. The minimum Gasteiger partial charge on any atom is -0.310 e. The lowest BCUT2D eigenvalue weighted by atomic mass is 9.85. The average molecular weight is 724 g/mol. The molecule has 0 amide bonds. The van der Waals surface area contributed by atoms with E-state index in [9.17, 15) is 0 Å². The van der Waals surface area contributed by atoms with Gasteiger partial charge in [0, 0.05) is 16.8 Å². The molecule has 0 aliphatic rings. The molecule has 11 rings (SSSR count). The first-order chi connectivity index (χ1) is 28.3. The monoisotopic (exact) mass is 723 g/mol. The fourth-order valence-electron chi connectivity index (χ4n) is 9.04. The summed E-state index contributed by atoms with van der Waals surface area (Å²) in [6.45, 7) is 0. The van der Waals surface area contributed by atoms with Crippen LogP contribution in [0.5, 0.6) is 0 Å². The maximum absolute atomic E-state index is 2.47. The van der Waals surface area contributed by atoms with E-state index in [1.807, 2.05) is 0 Å². The van der Waals surface area contributed by atoms with Gasteiger partial charge in [0.05, 0.1) is 5.69 Å². The summed E-state index contributed by atoms with van der Waals surface area (Å²) in [4.78, 5) is 2.47. The normalized spacial score (nSPS) is 11.5. The van der Waals surface area contributed by atoms with Gasteiger partial charge in [0.15, 0.2) is 0 Å². The van der Waals surface area contributed by atoms with Gasteiger partial charge < -0.3 is 4.90 Å². The van der Waals surface area contributed by atoms with Gasteiger partial charge in [-0.15, -0.1) is 0 Å². The van der Waals surface area contributed by atoms with Crippen LogP contribution in [0, 0.1) is 0 Å². The number of benzene rings is 11. The molecule has 0 bridgehead atoms. The maximum atomic E-state index is 2.47. The van der Waals surface area contributed by atoms with E-state index in [-0.39, 0.29) is 0 Å². The molecule has 57 heavy (non-hydrogen) atoms. The van der Waals surface area contributed by atoms with Gasteiger partial charge in [-0.3, -0.25) is 0 Å². The third-order valence-corrected chi connectivity index (χ3v) is 11.6. The summed E-state index contributed by atoms with van der Waals surface area (Å²) < 4.78 is 0. The Morgan fingerprint density at radius 1 is 0.246 bits per heavy atom. The SMILES string of the molecule is c1ccc(-c2c(-c3ccccc3)c3cc(N(c4ccc(-c5cccc6ccccc56)cc4)c4cc5ccccc5c5ccccc45)ccc3c3ccccc23)cc1. The van der Waals surface area contributed by atoms with E-state index in [2.05, 4.69) is 229 Å². The standard InChI is InChI=1S/C56H37N/c1-3-17-40(18-4-1)55-52-28-14-12-26-49(52)50-35-34-44(37-53(50)56(55)41-19-5-2-6-20-41)57(54-36-42-21-8-10-24-47(42)48-25-11-13-27-51(48)54)43-32-30-39(31-33-43)46-29-15-22-38-16-7-9-23-45(38)46/h1-37H. The smallest absolute Gasteiger partial charge is 0.0546 e. The molecule has 0 aliphatic heterocycles. The molecule has 0 saturated heterocycles. The third-order valence-electron chi connectivity index (χ3n) is 11.6. The van der Waals surface area contributed by atoms with Crippen LogP contribution in [0.3, 0.4) is 0 Å². The number of rotatable bonds is 6. The first-order valence-electron chi connectivity index (χ1n) is 19.7. The van der Waals surface area contributed by atoms with Crippen LogP contribution in [0.1, 0.15) is 0 Å². The van der Waals surface area contributed by atoms with Crippen molar-refractivity contribution in [2.24, 2.45) is 0 Å².